The minimum atomic E-state index is -1.36. The van der Waals surface area contributed by atoms with Crippen molar-refractivity contribution < 1.29 is 15.5 Å². The Morgan fingerprint density at radius 1 is 1.12 bits per heavy atom. The average molecular weight is 223 g/mol. The van der Waals surface area contributed by atoms with Crippen LogP contribution in [0.5, 0.6) is 0 Å². The van der Waals surface area contributed by atoms with Crippen LogP contribution in [0.1, 0.15) is 18.4 Å². The van der Waals surface area contributed by atoms with E-state index < -0.39 is 7.12 Å². The van der Waals surface area contributed by atoms with Gasteiger partial charge < -0.3 is 15.5 Å². The summed E-state index contributed by atoms with van der Waals surface area (Å²) in [4.78, 5) is 2.35. The third-order valence-corrected chi connectivity index (χ3v) is 2.93. The fourth-order valence-corrected chi connectivity index (χ4v) is 2.11. The van der Waals surface area contributed by atoms with E-state index in [1.54, 1.807) is 6.07 Å². The van der Waals surface area contributed by atoms with Gasteiger partial charge in [-0.1, -0.05) is 24.3 Å². The van der Waals surface area contributed by atoms with Crippen molar-refractivity contribution in [1.29, 1.82) is 0 Å². The van der Waals surface area contributed by atoms with Crippen LogP contribution < -0.4 is 5.46 Å². The molecule has 0 saturated carbocycles. The first-order valence-electron chi connectivity index (χ1n) is 5.43. The molecule has 1 aromatic rings. The second-order valence-electron chi connectivity index (χ2n) is 4.06. The SMILES string of the molecule is O.OB(O)c1ccccc1CN1CCCC1. The highest BCUT2D eigenvalue weighted by atomic mass is 16.4. The van der Waals surface area contributed by atoms with E-state index in [2.05, 4.69) is 4.90 Å². The summed E-state index contributed by atoms with van der Waals surface area (Å²) < 4.78 is 0. The Labute approximate surface area is 96.0 Å². The standard InChI is InChI=1S/C11H16BNO2.H2O/c14-12(15)11-6-2-1-5-10(11)9-13-7-3-4-8-13;/h1-2,5-6,14-15H,3-4,7-9H2;1H2. The van der Waals surface area contributed by atoms with Gasteiger partial charge in [-0.05, 0) is 37.0 Å². The molecular weight excluding hydrogens is 205 g/mol. The van der Waals surface area contributed by atoms with Crippen molar-refractivity contribution in [2.24, 2.45) is 0 Å². The third kappa shape index (κ3) is 3.06. The van der Waals surface area contributed by atoms with Crippen LogP contribution in [-0.4, -0.2) is 40.6 Å². The summed E-state index contributed by atoms with van der Waals surface area (Å²) in [5.41, 5.74) is 1.65. The Kier molecular flexibility index (Phi) is 4.95. The summed E-state index contributed by atoms with van der Waals surface area (Å²) >= 11 is 0. The Morgan fingerprint density at radius 3 is 2.38 bits per heavy atom. The molecular formula is C11H18BNO3. The van der Waals surface area contributed by atoms with Gasteiger partial charge in [-0.25, -0.2) is 0 Å². The maximum Gasteiger partial charge on any atom is 0.488 e. The number of hydrogen-bond acceptors (Lipinski definition) is 3. The topological polar surface area (TPSA) is 75.2 Å². The highest BCUT2D eigenvalue weighted by Crippen LogP contribution is 2.11. The molecule has 88 valence electrons. The van der Waals surface area contributed by atoms with Gasteiger partial charge in [-0.2, -0.15) is 0 Å². The summed E-state index contributed by atoms with van der Waals surface area (Å²) in [7, 11) is -1.36. The third-order valence-electron chi connectivity index (χ3n) is 2.93. The first kappa shape index (κ1) is 13.2. The van der Waals surface area contributed by atoms with E-state index in [9.17, 15) is 10.0 Å². The van der Waals surface area contributed by atoms with Crippen LogP contribution >= 0.6 is 0 Å². The van der Waals surface area contributed by atoms with Crippen LogP contribution in [0, 0.1) is 0 Å². The van der Waals surface area contributed by atoms with Crippen molar-refractivity contribution in [3.05, 3.63) is 29.8 Å². The second kappa shape index (κ2) is 6.01. The zero-order valence-electron chi connectivity index (χ0n) is 9.26. The molecule has 0 aliphatic carbocycles. The predicted octanol–water partition coefficient (Wildman–Crippen LogP) is -0.863. The van der Waals surface area contributed by atoms with Crippen LogP contribution in [0.3, 0.4) is 0 Å². The maximum absolute atomic E-state index is 9.22. The van der Waals surface area contributed by atoms with Gasteiger partial charge in [-0.15, -0.1) is 0 Å². The van der Waals surface area contributed by atoms with Crippen molar-refractivity contribution in [3.8, 4) is 0 Å². The number of nitrogens with zero attached hydrogens (tertiary/aromatic N) is 1. The molecule has 2 rings (SSSR count). The van der Waals surface area contributed by atoms with E-state index in [4.69, 9.17) is 0 Å². The lowest BCUT2D eigenvalue weighted by molar-refractivity contribution is 0.331. The minimum Gasteiger partial charge on any atom is -0.423 e. The molecule has 1 aliphatic rings. The van der Waals surface area contributed by atoms with E-state index in [-0.39, 0.29) is 5.48 Å². The molecule has 0 atom stereocenters. The normalized spacial score (nSPS) is 15.9. The van der Waals surface area contributed by atoms with Crippen LogP contribution in [0.15, 0.2) is 24.3 Å². The molecule has 0 radical (unpaired) electrons. The highest BCUT2D eigenvalue weighted by Gasteiger charge is 2.18. The number of likely N-dealkylation sites (tertiary alicyclic amines) is 1. The van der Waals surface area contributed by atoms with Gasteiger partial charge in [0.25, 0.3) is 0 Å². The van der Waals surface area contributed by atoms with Gasteiger partial charge in [0, 0.05) is 6.54 Å². The van der Waals surface area contributed by atoms with E-state index in [0.29, 0.717) is 5.46 Å². The fraction of sp³-hybridized carbons (Fsp3) is 0.455. The molecule has 1 aliphatic heterocycles. The van der Waals surface area contributed by atoms with E-state index >= 15 is 0 Å². The van der Waals surface area contributed by atoms with Crippen LogP contribution in [-0.2, 0) is 6.54 Å². The van der Waals surface area contributed by atoms with Crippen LogP contribution in [0.2, 0.25) is 0 Å². The highest BCUT2D eigenvalue weighted by molar-refractivity contribution is 6.59. The summed E-state index contributed by atoms with van der Waals surface area (Å²) in [6.45, 7) is 3.07. The van der Waals surface area contributed by atoms with Gasteiger partial charge in [0.15, 0.2) is 0 Å². The van der Waals surface area contributed by atoms with Crippen molar-refractivity contribution in [2.75, 3.05) is 13.1 Å². The molecule has 0 amide bonds. The predicted molar refractivity (Wildman–Crippen MR) is 64.4 cm³/mol. The first-order valence-corrected chi connectivity index (χ1v) is 5.43. The molecule has 16 heavy (non-hydrogen) atoms. The molecule has 0 spiro atoms. The number of benzene rings is 1. The quantitative estimate of drug-likeness (QED) is 0.654. The molecule has 4 N–H and O–H groups in total. The molecule has 0 bridgehead atoms. The maximum atomic E-state index is 9.22. The lowest BCUT2D eigenvalue weighted by atomic mass is 9.77. The van der Waals surface area contributed by atoms with Crippen molar-refractivity contribution >= 4 is 12.6 Å². The van der Waals surface area contributed by atoms with Gasteiger partial charge >= 0.3 is 7.12 Å². The Hall–Kier alpha value is -0.875. The summed E-state index contributed by atoms with van der Waals surface area (Å²) in [5.74, 6) is 0. The van der Waals surface area contributed by atoms with Gasteiger partial charge in [0.05, 0.1) is 0 Å². The molecule has 4 nitrogen and oxygen atoms in total. The van der Waals surface area contributed by atoms with E-state index in [1.165, 1.54) is 12.8 Å². The zero-order chi connectivity index (χ0) is 10.7. The second-order valence-corrected chi connectivity index (χ2v) is 4.06. The molecule has 5 heteroatoms. The minimum absolute atomic E-state index is 0. The Morgan fingerprint density at radius 2 is 1.75 bits per heavy atom. The summed E-state index contributed by atoms with van der Waals surface area (Å²) in [5, 5.41) is 18.4. The molecule has 0 unspecified atom stereocenters. The van der Waals surface area contributed by atoms with Gasteiger partial charge in [0.1, 0.15) is 0 Å². The molecule has 1 fully saturated rings. The summed E-state index contributed by atoms with van der Waals surface area (Å²) in [6, 6.07) is 7.52. The number of hydrogen-bond donors (Lipinski definition) is 2. The monoisotopic (exact) mass is 223 g/mol. The van der Waals surface area contributed by atoms with Crippen molar-refractivity contribution in [3.63, 3.8) is 0 Å². The lowest BCUT2D eigenvalue weighted by Gasteiger charge is -2.17. The van der Waals surface area contributed by atoms with Crippen molar-refractivity contribution in [1.82, 2.24) is 4.90 Å². The zero-order valence-corrected chi connectivity index (χ0v) is 9.26. The summed E-state index contributed by atoms with van der Waals surface area (Å²) in [6.07, 6.45) is 2.51. The lowest BCUT2D eigenvalue weighted by Crippen LogP contribution is -2.35. The van der Waals surface area contributed by atoms with Gasteiger partial charge in [-0.3, -0.25) is 4.90 Å². The van der Waals surface area contributed by atoms with Crippen LogP contribution in [0.25, 0.3) is 0 Å². The molecule has 1 aromatic carbocycles. The van der Waals surface area contributed by atoms with E-state index in [1.807, 2.05) is 18.2 Å². The van der Waals surface area contributed by atoms with Crippen LogP contribution in [0.4, 0.5) is 0 Å². The average Bonchev–Trinajstić information content (AvgIpc) is 2.71. The Bertz CT molecular complexity index is 327. The Balaban J connectivity index is 0.00000128. The number of rotatable bonds is 3. The van der Waals surface area contributed by atoms with E-state index in [0.717, 1.165) is 25.2 Å². The van der Waals surface area contributed by atoms with Gasteiger partial charge in [0.2, 0.25) is 0 Å². The molecule has 1 heterocycles. The smallest absolute Gasteiger partial charge is 0.423 e. The molecule has 1 saturated heterocycles. The molecule has 0 aromatic heterocycles. The fourth-order valence-electron chi connectivity index (χ4n) is 2.11. The largest absolute Gasteiger partial charge is 0.488 e. The van der Waals surface area contributed by atoms with Crippen molar-refractivity contribution in [2.45, 2.75) is 19.4 Å². The first-order chi connectivity index (χ1) is 7.27.